The maximum Gasteiger partial charge on any atom is 0.340 e. The highest BCUT2D eigenvalue weighted by Crippen LogP contribution is 2.39. The SMILES string of the molecule is CC(C)Oc1cc2c(C(=O)O)c(-c3ccc(F)cc3)oc2cc1NCc1ccoc1. The van der Waals surface area contributed by atoms with Gasteiger partial charge in [0, 0.05) is 29.1 Å². The van der Waals surface area contributed by atoms with Gasteiger partial charge in [0.05, 0.1) is 24.3 Å². The number of hydrogen-bond donors (Lipinski definition) is 2. The lowest BCUT2D eigenvalue weighted by Gasteiger charge is -2.15. The number of carboxylic acid groups (broad SMARTS) is 1. The Morgan fingerprint density at radius 2 is 1.97 bits per heavy atom. The number of rotatable bonds is 7. The van der Waals surface area contributed by atoms with E-state index in [4.69, 9.17) is 13.6 Å². The van der Waals surface area contributed by atoms with Gasteiger partial charge in [-0.3, -0.25) is 0 Å². The summed E-state index contributed by atoms with van der Waals surface area (Å²) < 4.78 is 30.2. The maximum absolute atomic E-state index is 13.3. The Kier molecular flexibility index (Phi) is 5.18. The molecule has 0 saturated heterocycles. The number of carboxylic acids is 1. The second-order valence-electron chi connectivity index (χ2n) is 7.11. The average molecular weight is 409 g/mol. The van der Waals surface area contributed by atoms with E-state index >= 15 is 0 Å². The van der Waals surface area contributed by atoms with Gasteiger partial charge in [-0.1, -0.05) is 0 Å². The van der Waals surface area contributed by atoms with Gasteiger partial charge in [0.2, 0.25) is 0 Å². The monoisotopic (exact) mass is 409 g/mol. The number of hydrogen-bond acceptors (Lipinski definition) is 5. The Morgan fingerprint density at radius 1 is 1.20 bits per heavy atom. The number of furan rings is 2. The van der Waals surface area contributed by atoms with Gasteiger partial charge in [0.15, 0.2) is 0 Å². The van der Waals surface area contributed by atoms with Crippen molar-refractivity contribution < 1.29 is 27.9 Å². The normalized spacial score (nSPS) is 11.2. The first-order valence-electron chi connectivity index (χ1n) is 9.43. The van der Waals surface area contributed by atoms with Gasteiger partial charge in [-0.2, -0.15) is 0 Å². The molecule has 2 aromatic heterocycles. The quantitative estimate of drug-likeness (QED) is 0.394. The fourth-order valence-electron chi connectivity index (χ4n) is 3.22. The molecule has 0 aliphatic carbocycles. The van der Waals surface area contributed by atoms with Gasteiger partial charge in [0.1, 0.15) is 28.5 Å². The van der Waals surface area contributed by atoms with Crippen LogP contribution in [0, 0.1) is 5.82 Å². The molecule has 0 unspecified atom stereocenters. The van der Waals surface area contributed by atoms with E-state index in [1.807, 2.05) is 19.9 Å². The predicted octanol–water partition coefficient (Wildman–Crippen LogP) is 5.93. The number of nitrogens with one attached hydrogen (secondary N) is 1. The standard InChI is InChI=1S/C23H20FNO5/c1-13(2)29-20-9-17-19(10-18(20)25-11-14-7-8-28-12-14)30-22(21(17)23(26)27)15-3-5-16(24)6-4-15/h3-10,12-13,25H,11H2,1-2H3,(H,26,27). The summed E-state index contributed by atoms with van der Waals surface area (Å²) in [5.41, 5.74) is 2.48. The third-order valence-corrected chi connectivity index (χ3v) is 4.54. The molecular formula is C23H20FNO5. The smallest absolute Gasteiger partial charge is 0.340 e. The second kappa shape index (κ2) is 7.94. The Bertz CT molecular complexity index is 1180. The molecule has 30 heavy (non-hydrogen) atoms. The van der Waals surface area contributed by atoms with Gasteiger partial charge < -0.3 is 24.0 Å². The Hall–Kier alpha value is -3.74. The van der Waals surface area contributed by atoms with Crippen LogP contribution in [0.15, 0.2) is 63.8 Å². The molecule has 0 amide bonds. The minimum Gasteiger partial charge on any atom is -0.489 e. The summed E-state index contributed by atoms with van der Waals surface area (Å²) in [5.74, 6) is -0.873. The topological polar surface area (TPSA) is 84.8 Å². The van der Waals surface area contributed by atoms with Crippen LogP contribution in [0.25, 0.3) is 22.3 Å². The van der Waals surface area contributed by atoms with Crippen LogP contribution in [-0.2, 0) is 6.54 Å². The van der Waals surface area contributed by atoms with E-state index in [2.05, 4.69) is 5.32 Å². The van der Waals surface area contributed by atoms with Gasteiger partial charge in [-0.25, -0.2) is 9.18 Å². The van der Waals surface area contributed by atoms with Crippen molar-refractivity contribution in [1.29, 1.82) is 0 Å². The zero-order valence-corrected chi connectivity index (χ0v) is 16.4. The fraction of sp³-hybridized carbons (Fsp3) is 0.174. The van der Waals surface area contributed by atoms with Crippen LogP contribution < -0.4 is 10.1 Å². The van der Waals surface area contributed by atoms with Gasteiger partial charge >= 0.3 is 5.97 Å². The molecule has 154 valence electrons. The summed E-state index contributed by atoms with van der Waals surface area (Å²) in [7, 11) is 0. The summed E-state index contributed by atoms with van der Waals surface area (Å²) >= 11 is 0. The van der Waals surface area contributed by atoms with Crippen LogP contribution >= 0.6 is 0 Å². The molecule has 0 saturated carbocycles. The Balaban J connectivity index is 1.84. The predicted molar refractivity (Wildman–Crippen MR) is 110 cm³/mol. The van der Waals surface area contributed by atoms with Crippen LogP contribution in [-0.4, -0.2) is 17.2 Å². The van der Waals surface area contributed by atoms with E-state index in [0.717, 1.165) is 5.56 Å². The minimum absolute atomic E-state index is 0.00611. The van der Waals surface area contributed by atoms with E-state index in [-0.39, 0.29) is 17.4 Å². The number of anilines is 1. The number of aromatic carboxylic acids is 1. The van der Waals surface area contributed by atoms with E-state index in [9.17, 15) is 14.3 Å². The molecule has 0 spiro atoms. The molecule has 6 nitrogen and oxygen atoms in total. The fourth-order valence-corrected chi connectivity index (χ4v) is 3.22. The van der Waals surface area contributed by atoms with Gasteiger partial charge in [-0.05, 0) is 50.2 Å². The van der Waals surface area contributed by atoms with Crippen molar-refractivity contribution in [3.63, 3.8) is 0 Å². The third-order valence-electron chi connectivity index (χ3n) is 4.54. The highest BCUT2D eigenvalue weighted by Gasteiger charge is 2.24. The first kappa shape index (κ1) is 19.6. The lowest BCUT2D eigenvalue weighted by Crippen LogP contribution is -2.09. The molecule has 0 radical (unpaired) electrons. The van der Waals surface area contributed by atoms with Crippen LogP contribution in [0.5, 0.6) is 5.75 Å². The molecule has 2 aromatic carbocycles. The van der Waals surface area contributed by atoms with Crippen molar-refractivity contribution in [1.82, 2.24) is 0 Å². The van der Waals surface area contributed by atoms with Crippen molar-refractivity contribution in [2.45, 2.75) is 26.5 Å². The lowest BCUT2D eigenvalue weighted by molar-refractivity contribution is 0.0699. The molecule has 0 aliphatic heterocycles. The van der Waals surface area contributed by atoms with Crippen molar-refractivity contribution in [3.8, 4) is 17.1 Å². The van der Waals surface area contributed by atoms with Crippen molar-refractivity contribution in [2.75, 3.05) is 5.32 Å². The number of benzene rings is 2. The number of ether oxygens (including phenoxy) is 1. The molecule has 4 rings (SSSR count). The number of carbonyl (C=O) groups is 1. The van der Waals surface area contributed by atoms with Crippen LogP contribution in [0.4, 0.5) is 10.1 Å². The zero-order chi connectivity index (χ0) is 21.3. The van der Waals surface area contributed by atoms with Gasteiger partial charge in [0.25, 0.3) is 0 Å². The first-order chi connectivity index (χ1) is 14.4. The second-order valence-corrected chi connectivity index (χ2v) is 7.11. The largest absolute Gasteiger partial charge is 0.489 e. The molecule has 0 fully saturated rings. The zero-order valence-electron chi connectivity index (χ0n) is 16.4. The molecule has 2 N–H and O–H groups in total. The molecule has 2 heterocycles. The number of halogens is 1. The summed E-state index contributed by atoms with van der Waals surface area (Å²) in [6.45, 7) is 4.27. The van der Waals surface area contributed by atoms with E-state index in [1.54, 1.807) is 24.7 Å². The van der Waals surface area contributed by atoms with E-state index < -0.39 is 11.8 Å². The number of fused-ring (bicyclic) bond motifs is 1. The first-order valence-corrected chi connectivity index (χ1v) is 9.43. The van der Waals surface area contributed by atoms with Crippen LogP contribution in [0.2, 0.25) is 0 Å². The van der Waals surface area contributed by atoms with Crippen LogP contribution in [0.1, 0.15) is 29.8 Å². The molecule has 7 heteroatoms. The average Bonchev–Trinajstić information content (AvgIpc) is 3.33. The summed E-state index contributed by atoms with van der Waals surface area (Å²) in [6, 6.07) is 10.7. The molecule has 0 aliphatic rings. The van der Waals surface area contributed by atoms with Gasteiger partial charge in [-0.15, -0.1) is 0 Å². The molecule has 0 bridgehead atoms. The molecule has 0 atom stereocenters. The summed E-state index contributed by atoms with van der Waals surface area (Å²) in [4.78, 5) is 12.0. The third kappa shape index (κ3) is 3.87. The minimum atomic E-state index is -1.14. The summed E-state index contributed by atoms with van der Waals surface area (Å²) in [5, 5.41) is 13.5. The van der Waals surface area contributed by atoms with Crippen LogP contribution in [0.3, 0.4) is 0 Å². The highest BCUT2D eigenvalue weighted by molar-refractivity contribution is 6.09. The Labute approximate surface area is 171 Å². The van der Waals surface area contributed by atoms with Crippen molar-refractivity contribution in [2.24, 2.45) is 0 Å². The highest BCUT2D eigenvalue weighted by atomic mass is 19.1. The van der Waals surface area contributed by atoms with Crippen molar-refractivity contribution in [3.05, 3.63) is 71.9 Å². The molecule has 4 aromatic rings. The van der Waals surface area contributed by atoms with E-state index in [1.165, 1.54) is 24.3 Å². The summed E-state index contributed by atoms with van der Waals surface area (Å²) in [6.07, 6.45) is 3.11. The maximum atomic E-state index is 13.3. The van der Waals surface area contributed by atoms with Crippen molar-refractivity contribution >= 4 is 22.6 Å². The van der Waals surface area contributed by atoms with E-state index in [0.29, 0.717) is 34.5 Å². The lowest BCUT2D eigenvalue weighted by atomic mass is 10.0. The molecular weight excluding hydrogens is 389 g/mol. The Morgan fingerprint density at radius 3 is 2.60 bits per heavy atom.